The summed E-state index contributed by atoms with van der Waals surface area (Å²) in [5, 5.41) is 2.69. The SMILES string of the molecule is COc1cc(NC(=O)COc2cccc(C(C)C)c2)ccc1NS(C)(=O)=O. The standard InChI is InChI=1S/C19H24N2O5S/c1-13(2)14-6-5-7-16(10-14)26-12-19(22)20-15-8-9-17(18(11-15)25-3)21-27(4,23)24/h5-11,13,21H,12H2,1-4H3,(H,20,22). The van der Waals surface area contributed by atoms with E-state index < -0.39 is 10.0 Å². The highest BCUT2D eigenvalue weighted by Crippen LogP contribution is 2.28. The van der Waals surface area contributed by atoms with E-state index in [1.807, 2.05) is 18.2 Å². The van der Waals surface area contributed by atoms with E-state index in [0.29, 0.717) is 28.8 Å². The van der Waals surface area contributed by atoms with Crippen LogP contribution >= 0.6 is 0 Å². The van der Waals surface area contributed by atoms with Crippen molar-refractivity contribution in [1.82, 2.24) is 0 Å². The number of amides is 1. The predicted molar refractivity (Wildman–Crippen MR) is 106 cm³/mol. The van der Waals surface area contributed by atoms with Crippen molar-refractivity contribution in [1.29, 1.82) is 0 Å². The predicted octanol–water partition coefficient (Wildman–Crippen LogP) is 3.21. The van der Waals surface area contributed by atoms with Gasteiger partial charge >= 0.3 is 0 Å². The summed E-state index contributed by atoms with van der Waals surface area (Å²) < 4.78 is 35.8. The summed E-state index contributed by atoms with van der Waals surface area (Å²) in [5.74, 6) is 0.954. The van der Waals surface area contributed by atoms with Crippen molar-refractivity contribution in [2.45, 2.75) is 19.8 Å². The Bertz CT molecular complexity index is 910. The molecule has 27 heavy (non-hydrogen) atoms. The Morgan fingerprint density at radius 3 is 2.52 bits per heavy atom. The lowest BCUT2D eigenvalue weighted by Crippen LogP contribution is -2.20. The van der Waals surface area contributed by atoms with Crippen molar-refractivity contribution in [2.24, 2.45) is 0 Å². The van der Waals surface area contributed by atoms with Crippen LogP contribution in [0, 0.1) is 0 Å². The van der Waals surface area contributed by atoms with E-state index in [0.717, 1.165) is 11.8 Å². The Balaban J connectivity index is 2.00. The molecule has 0 spiro atoms. The second-order valence-corrected chi connectivity index (χ2v) is 8.10. The summed E-state index contributed by atoms with van der Waals surface area (Å²) in [6, 6.07) is 12.2. The quantitative estimate of drug-likeness (QED) is 0.719. The summed E-state index contributed by atoms with van der Waals surface area (Å²) >= 11 is 0. The van der Waals surface area contributed by atoms with Crippen LogP contribution in [0.1, 0.15) is 25.3 Å². The van der Waals surface area contributed by atoms with Gasteiger partial charge in [-0.1, -0.05) is 26.0 Å². The maximum absolute atomic E-state index is 12.1. The zero-order chi connectivity index (χ0) is 20.0. The van der Waals surface area contributed by atoms with Gasteiger partial charge in [-0.2, -0.15) is 0 Å². The number of hydrogen-bond donors (Lipinski definition) is 2. The molecule has 2 N–H and O–H groups in total. The third-order valence-electron chi connectivity index (χ3n) is 3.68. The van der Waals surface area contributed by atoms with Crippen molar-refractivity contribution in [2.75, 3.05) is 30.0 Å². The fourth-order valence-electron chi connectivity index (χ4n) is 2.36. The van der Waals surface area contributed by atoms with Crippen LogP contribution < -0.4 is 19.5 Å². The van der Waals surface area contributed by atoms with E-state index in [9.17, 15) is 13.2 Å². The van der Waals surface area contributed by atoms with Crippen molar-refractivity contribution in [3.05, 3.63) is 48.0 Å². The molecule has 146 valence electrons. The summed E-state index contributed by atoms with van der Waals surface area (Å²) in [5.41, 5.74) is 1.89. The third kappa shape index (κ3) is 6.49. The van der Waals surface area contributed by atoms with E-state index in [4.69, 9.17) is 9.47 Å². The van der Waals surface area contributed by atoms with E-state index in [-0.39, 0.29) is 12.5 Å². The number of anilines is 2. The molecule has 1 amide bonds. The maximum atomic E-state index is 12.1. The maximum Gasteiger partial charge on any atom is 0.262 e. The Hall–Kier alpha value is -2.74. The average Bonchev–Trinajstić information content (AvgIpc) is 2.60. The molecule has 0 bridgehead atoms. The van der Waals surface area contributed by atoms with Gasteiger partial charge in [-0.15, -0.1) is 0 Å². The van der Waals surface area contributed by atoms with Gasteiger partial charge in [0.15, 0.2) is 6.61 Å². The number of benzene rings is 2. The van der Waals surface area contributed by atoms with Crippen LogP contribution in [0.5, 0.6) is 11.5 Å². The Morgan fingerprint density at radius 2 is 1.89 bits per heavy atom. The van der Waals surface area contributed by atoms with E-state index in [1.165, 1.54) is 19.2 Å². The van der Waals surface area contributed by atoms with Gasteiger partial charge in [-0.05, 0) is 35.7 Å². The minimum atomic E-state index is -3.43. The fraction of sp³-hybridized carbons (Fsp3) is 0.316. The first-order valence-corrected chi connectivity index (χ1v) is 10.3. The molecule has 2 aromatic rings. The molecule has 0 saturated heterocycles. The number of carbonyl (C=O) groups is 1. The highest BCUT2D eigenvalue weighted by molar-refractivity contribution is 7.92. The monoisotopic (exact) mass is 392 g/mol. The zero-order valence-corrected chi connectivity index (χ0v) is 16.6. The van der Waals surface area contributed by atoms with Gasteiger partial charge in [0.1, 0.15) is 11.5 Å². The smallest absolute Gasteiger partial charge is 0.262 e. The lowest BCUT2D eigenvalue weighted by atomic mass is 10.0. The molecule has 7 nitrogen and oxygen atoms in total. The summed E-state index contributed by atoms with van der Waals surface area (Å²) in [7, 11) is -2.02. The molecule has 2 rings (SSSR count). The topological polar surface area (TPSA) is 93.7 Å². The highest BCUT2D eigenvalue weighted by atomic mass is 32.2. The largest absolute Gasteiger partial charge is 0.494 e. The number of nitrogens with one attached hydrogen (secondary N) is 2. The molecule has 0 aliphatic carbocycles. The normalized spacial score (nSPS) is 11.1. The van der Waals surface area contributed by atoms with E-state index in [2.05, 4.69) is 23.9 Å². The van der Waals surface area contributed by atoms with Crippen molar-refractivity contribution < 1.29 is 22.7 Å². The average molecular weight is 392 g/mol. The molecular weight excluding hydrogens is 368 g/mol. The Labute approximate surface area is 159 Å². The van der Waals surface area contributed by atoms with Crippen LogP contribution in [0.15, 0.2) is 42.5 Å². The summed E-state index contributed by atoms with van der Waals surface area (Å²) in [6.07, 6.45) is 1.05. The summed E-state index contributed by atoms with van der Waals surface area (Å²) in [6.45, 7) is 4.02. The number of rotatable bonds is 8. The third-order valence-corrected chi connectivity index (χ3v) is 4.27. The molecule has 0 unspecified atom stereocenters. The lowest BCUT2D eigenvalue weighted by Gasteiger charge is -2.13. The van der Waals surface area contributed by atoms with Crippen LogP contribution in [0.2, 0.25) is 0 Å². The van der Waals surface area contributed by atoms with Gasteiger partial charge in [0.25, 0.3) is 5.91 Å². The van der Waals surface area contributed by atoms with Crippen LogP contribution in [0.4, 0.5) is 11.4 Å². The van der Waals surface area contributed by atoms with Gasteiger partial charge in [-0.25, -0.2) is 8.42 Å². The van der Waals surface area contributed by atoms with Crippen LogP contribution in [0.3, 0.4) is 0 Å². The number of methoxy groups -OCH3 is 1. The van der Waals surface area contributed by atoms with Crippen LogP contribution in [-0.4, -0.2) is 34.3 Å². The molecule has 8 heteroatoms. The lowest BCUT2D eigenvalue weighted by molar-refractivity contribution is -0.118. The van der Waals surface area contributed by atoms with Crippen molar-refractivity contribution in [3.63, 3.8) is 0 Å². The molecule has 0 heterocycles. The molecular formula is C19H24N2O5S. The Morgan fingerprint density at radius 1 is 1.15 bits per heavy atom. The number of sulfonamides is 1. The molecule has 2 aromatic carbocycles. The van der Waals surface area contributed by atoms with Crippen LogP contribution in [0.25, 0.3) is 0 Å². The highest BCUT2D eigenvalue weighted by Gasteiger charge is 2.11. The van der Waals surface area contributed by atoms with Gasteiger partial charge in [0.2, 0.25) is 10.0 Å². The first-order chi connectivity index (χ1) is 12.7. The zero-order valence-electron chi connectivity index (χ0n) is 15.8. The first kappa shape index (κ1) is 20.6. The minimum absolute atomic E-state index is 0.146. The van der Waals surface area contributed by atoms with Gasteiger partial charge in [0.05, 0.1) is 19.1 Å². The van der Waals surface area contributed by atoms with Crippen molar-refractivity contribution >= 4 is 27.3 Å². The molecule has 0 radical (unpaired) electrons. The molecule has 0 atom stereocenters. The number of ether oxygens (including phenoxy) is 2. The van der Waals surface area contributed by atoms with Gasteiger partial charge in [0, 0.05) is 11.8 Å². The first-order valence-electron chi connectivity index (χ1n) is 8.36. The molecule has 0 aromatic heterocycles. The molecule has 0 aliphatic heterocycles. The molecule has 0 fully saturated rings. The Kier molecular flexibility index (Phi) is 6.68. The molecule has 0 aliphatic rings. The van der Waals surface area contributed by atoms with Gasteiger partial charge in [-0.3, -0.25) is 9.52 Å². The fourth-order valence-corrected chi connectivity index (χ4v) is 2.93. The second-order valence-electron chi connectivity index (χ2n) is 6.35. The van der Waals surface area contributed by atoms with Crippen LogP contribution in [-0.2, 0) is 14.8 Å². The number of hydrogen-bond acceptors (Lipinski definition) is 5. The van der Waals surface area contributed by atoms with E-state index in [1.54, 1.807) is 12.1 Å². The molecule has 0 saturated carbocycles. The van der Waals surface area contributed by atoms with E-state index >= 15 is 0 Å². The minimum Gasteiger partial charge on any atom is -0.494 e. The van der Waals surface area contributed by atoms with Gasteiger partial charge < -0.3 is 14.8 Å². The summed E-state index contributed by atoms with van der Waals surface area (Å²) in [4.78, 5) is 12.1. The number of carbonyl (C=O) groups excluding carboxylic acids is 1. The second kappa shape index (κ2) is 8.77. The van der Waals surface area contributed by atoms with Crippen molar-refractivity contribution in [3.8, 4) is 11.5 Å².